The molecule has 0 atom stereocenters. The minimum Gasteiger partial charge on any atom is -0.484 e. The number of nitrogens with one attached hydrogen (secondary N) is 1. The monoisotopic (exact) mass is 540 g/mol. The normalized spacial score (nSPS) is 14.6. The molecule has 1 heterocycles. The van der Waals surface area contributed by atoms with E-state index in [0.29, 0.717) is 35.9 Å². The Balaban J connectivity index is 1.31. The van der Waals surface area contributed by atoms with E-state index >= 15 is 0 Å². The van der Waals surface area contributed by atoms with Crippen LogP contribution in [0.1, 0.15) is 35.1 Å². The van der Waals surface area contributed by atoms with Crippen molar-refractivity contribution in [2.75, 3.05) is 26.4 Å². The van der Waals surface area contributed by atoms with Gasteiger partial charge < -0.3 is 19.6 Å². The average Bonchev–Trinajstić information content (AvgIpc) is 2.96. The predicted octanol–water partition coefficient (Wildman–Crippen LogP) is 5.79. The predicted molar refractivity (Wildman–Crippen MR) is 141 cm³/mol. The van der Waals surface area contributed by atoms with Gasteiger partial charge in [0.1, 0.15) is 12.4 Å². The van der Waals surface area contributed by atoms with E-state index in [-0.39, 0.29) is 19.1 Å². The van der Waals surface area contributed by atoms with Crippen molar-refractivity contribution in [3.8, 4) is 5.75 Å². The van der Waals surface area contributed by atoms with Crippen LogP contribution in [0.2, 0.25) is 0 Å². The third-order valence-corrected chi connectivity index (χ3v) is 6.39. The van der Waals surface area contributed by atoms with Crippen molar-refractivity contribution in [3.05, 3.63) is 101 Å². The van der Waals surface area contributed by atoms with E-state index in [4.69, 9.17) is 14.3 Å². The number of alkyl halides is 3. The number of hydrogen-bond donors (Lipinski definition) is 1. The minimum absolute atomic E-state index is 0.0395. The van der Waals surface area contributed by atoms with E-state index in [2.05, 4.69) is 10.5 Å². The first kappa shape index (κ1) is 28.2. The highest BCUT2D eigenvalue weighted by Gasteiger charge is 2.29. The fourth-order valence-corrected chi connectivity index (χ4v) is 4.10. The van der Waals surface area contributed by atoms with Gasteiger partial charge in [0.05, 0.1) is 11.3 Å². The Morgan fingerprint density at radius 1 is 0.923 bits per heavy atom. The van der Waals surface area contributed by atoms with Crippen molar-refractivity contribution >= 4 is 11.6 Å². The summed E-state index contributed by atoms with van der Waals surface area (Å²) in [7, 11) is 0. The summed E-state index contributed by atoms with van der Waals surface area (Å²) < 4.78 is 49.3. The first-order valence-corrected chi connectivity index (χ1v) is 12.8. The number of ether oxygens (including phenoxy) is 2. The van der Waals surface area contributed by atoms with Crippen LogP contribution in [0.5, 0.6) is 5.75 Å². The Hall–Kier alpha value is -3.85. The van der Waals surface area contributed by atoms with E-state index in [9.17, 15) is 18.0 Å². The van der Waals surface area contributed by atoms with E-state index < -0.39 is 11.7 Å². The molecule has 3 aromatic rings. The molecule has 1 N–H and O–H groups in total. The molecule has 9 heteroatoms. The number of carbonyl (C=O) groups is 1. The van der Waals surface area contributed by atoms with Crippen molar-refractivity contribution in [3.63, 3.8) is 0 Å². The van der Waals surface area contributed by atoms with Gasteiger partial charge in [-0.2, -0.15) is 13.2 Å². The quantitative estimate of drug-likeness (QED) is 0.247. The lowest BCUT2D eigenvalue weighted by molar-refractivity contribution is -0.137. The van der Waals surface area contributed by atoms with Gasteiger partial charge in [0.2, 0.25) is 0 Å². The SMILES string of the molecule is O=C(COc1ccc(CC(=NOCc2ccc(C(F)(F)F)cc2)c2ccccc2)cc1)NCC1CCOCC1. The second-order valence-corrected chi connectivity index (χ2v) is 9.34. The van der Waals surface area contributed by atoms with Crippen LogP contribution in [-0.4, -0.2) is 38.0 Å². The van der Waals surface area contributed by atoms with Gasteiger partial charge in [-0.25, -0.2) is 0 Å². The molecule has 39 heavy (non-hydrogen) atoms. The molecule has 0 unspecified atom stereocenters. The molecule has 3 aromatic carbocycles. The van der Waals surface area contributed by atoms with Crippen molar-refractivity contribution < 1.29 is 32.3 Å². The summed E-state index contributed by atoms with van der Waals surface area (Å²) in [5, 5.41) is 7.22. The van der Waals surface area contributed by atoms with Crippen molar-refractivity contribution in [2.24, 2.45) is 11.1 Å². The minimum atomic E-state index is -4.38. The molecule has 1 amide bonds. The van der Waals surface area contributed by atoms with Gasteiger partial charge in [-0.1, -0.05) is 59.8 Å². The van der Waals surface area contributed by atoms with Crippen molar-refractivity contribution in [1.29, 1.82) is 0 Å². The fourth-order valence-electron chi connectivity index (χ4n) is 4.10. The Morgan fingerprint density at radius 3 is 2.26 bits per heavy atom. The molecule has 4 rings (SSSR count). The number of halogens is 3. The fraction of sp³-hybridized carbons (Fsp3) is 0.333. The highest BCUT2D eigenvalue weighted by molar-refractivity contribution is 6.01. The van der Waals surface area contributed by atoms with Gasteiger partial charge >= 0.3 is 6.18 Å². The Labute approximate surface area is 225 Å². The molecular formula is C30H31F3N2O4. The number of amides is 1. The maximum atomic E-state index is 12.8. The summed E-state index contributed by atoms with van der Waals surface area (Å²) >= 11 is 0. The number of hydrogen-bond acceptors (Lipinski definition) is 5. The number of benzene rings is 3. The molecule has 1 aliphatic heterocycles. The summed E-state index contributed by atoms with van der Waals surface area (Å²) in [6.45, 7) is 2.10. The zero-order chi connectivity index (χ0) is 27.5. The van der Waals surface area contributed by atoms with Crippen LogP contribution in [0.3, 0.4) is 0 Å². The highest BCUT2D eigenvalue weighted by atomic mass is 19.4. The largest absolute Gasteiger partial charge is 0.484 e. The first-order chi connectivity index (χ1) is 18.9. The zero-order valence-corrected chi connectivity index (χ0v) is 21.5. The van der Waals surface area contributed by atoms with Crippen LogP contribution in [-0.2, 0) is 33.6 Å². The van der Waals surface area contributed by atoms with Gasteiger partial charge in [-0.15, -0.1) is 0 Å². The molecule has 0 radical (unpaired) electrons. The highest BCUT2D eigenvalue weighted by Crippen LogP contribution is 2.29. The summed E-state index contributed by atoms with van der Waals surface area (Å²) in [6, 6.07) is 21.7. The molecule has 1 fully saturated rings. The van der Waals surface area contributed by atoms with E-state index in [1.165, 1.54) is 12.1 Å². The first-order valence-electron chi connectivity index (χ1n) is 12.8. The smallest absolute Gasteiger partial charge is 0.416 e. The number of nitrogens with zero attached hydrogens (tertiary/aromatic N) is 1. The molecule has 1 saturated heterocycles. The Bertz CT molecular complexity index is 1210. The van der Waals surface area contributed by atoms with E-state index in [1.54, 1.807) is 12.1 Å². The van der Waals surface area contributed by atoms with Crippen LogP contribution in [0.15, 0.2) is 84.0 Å². The zero-order valence-electron chi connectivity index (χ0n) is 21.5. The summed E-state index contributed by atoms with van der Waals surface area (Å²) in [6.07, 6.45) is -2.01. The Morgan fingerprint density at radius 2 is 1.59 bits per heavy atom. The summed E-state index contributed by atoms with van der Waals surface area (Å²) in [5.74, 6) is 0.868. The Kier molecular flexibility index (Phi) is 9.97. The summed E-state index contributed by atoms with van der Waals surface area (Å²) in [5.41, 5.74) is 2.36. The molecule has 6 nitrogen and oxygen atoms in total. The van der Waals surface area contributed by atoms with E-state index in [1.807, 2.05) is 42.5 Å². The lowest BCUT2D eigenvalue weighted by Crippen LogP contribution is -2.35. The lowest BCUT2D eigenvalue weighted by atomic mass is 10.0. The van der Waals surface area contributed by atoms with Gasteiger partial charge in [0.25, 0.3) is 5.91 Å². The third-order valence-electron chi connectivity index (χ3n) is 6.39. The van der Waals surface area contributed by atoms with Crippen molar-refractivity contribution in [2.45, 2.75) is 32.0 Å². The number of rotatable bonds is 11. The standard InChI is InChI=1S/C30H31F3N2O4/c31-30(32,33)26-10-6-24(7-11-26)20-39-35-28(25-4-2-1-3-5-25)18-22-8-12-27(13-9-22)38-21-29(36)34-19-23-14-16-37-17-15-23/h1-13,23H,14-21H2,(H,34,36). The maximum Gasteiger partial charge on any atom is 0.416 e. The molecule has 0 spiro atoms. The molecule has 0 saturated carbocycles. The van der Waals surface area contributed by atoms with Crippen LogP contribution < -0.4 is 10.1 Å². The van der Waals surface area contributed by atoms with Gasteiger partial charge in [-0.05, 0) is 59.7 Å². The van der Waals surface area contributed by atoms with Crippen LogP contribution >= 0.6 is 0 Å². The number of oxime groups is 1. The second kappa shape index (κ2) is 13.8. The summed E-state index contributed by atoms with van der Waals surface area (Å²) in [4.78, 5) is 17.7. The molecule has 1 aliphatic rings. The van der Waals surface area contributed by atoms with Gasteiger partial charge in [0.15, 0.2) is 6.61 Å². The van der Waals surface area contributed by atoms with Crippen LogP contribution in [0.25, 0.3) is 0 Å². The number of carbonyl (C=O) groups excluding carboxylic acids is 1. The molecule has 206 valence electrons. The molecule has 0 bridgehead atoms. The maximum absolute atomic E-state index is 12.8. The second-order valence-electron chi connectivity index (χ2n) is 9.34. The van der Waals surface area contributed by atoms with Gasteiger partial charge in [0, 0.05) is 26.2 Å². The third kappa shape index (κ3) is 9.14. The van der Waals surface area contributed by atoms with Crippen molar-refractivity contribution in [1.82, 2.24) is 5.32 Å². The van der Waals surface area contributed by atoms with Gasteiger partial charge in [-0.3, -0.25) is 4.79 Å². The molecule has 0 aromatic heterocycles. The lowest BCUT2D eigenvalue weighted by Gasteiger charge is -2.22. The topological polar surface area (TPSA) is 69.2 Å². The van der Waals surface area contributed by atoms with Crippen LogP contribution in [0, 0.1) is 5.92 Å². The van der Waals surface area contributed by atoms with E-state index in [0.717, 1.165) is 49.3 Å². The van der Waals surface area contributed by atoms with Crippen LogP contribution in [0.4, 0.5) is 13.2 Å². The molecular weight excluding hydrogens is 509 g/mol. The molecule has 0 aliphatic carbocycles. The average molecular weight is 541 g/mol.